The molecule has 0 rings (SSSR count). The number of allylic oxidation sites excluding steroid dienone is 1. The molecular weight excluding hydrogens is 182 g/mol. The Labute approximate surface area is 97.5 Å². The van der Waals surface area contributed by atoms with Gasteiger partial charge in [-0.15, -0.1) is 13.2 Å². The van der Waals surface area contributed by atoms with E-state index in [1.807, 2.05) is 13.8 Å². The molecule has 0 bridgehead atoms. The van der Waals surface area contributed by atoms with Gasteiger partial charge in [0.15, 0.2) is 0 Å². The van der Waals surface area contributed by atoms with Gasteiger partial charge < -0.3 is 5.73 Å². The average Bonchev–Trinajstić information content (AvgIpc) is 2.23. The Morgan fingerprint density at radius 1 is 1.07 bits per heavy atom. The molecule has 1 nitrogen and oxygen atoms in total. The zero-order valence-electron chi connectivity index (χ0n) is 11.4. The minimum Gasteiger partial charge on any atom is -0.405 e. The maximum absolute atomic E-state index is 5.28. The smallest absolute Gasteiger partial charge is 0.0100 e. The Morgan fingerprint density at radius 2 is 1.53 bits per heavy atom. The minimum absolute atomic E-state index is 0.652. The normalized spacial score (nSPS) is 11.3. The molecule has 0 fully saturated rings. The van der Waals surface area contributed by atoms with Crippen LogP contribution >= 0.6 is 0 Å². The van der Waals surface area contributed by atoms with E-state index in [-0.39, 0.29) is 0 Å². The highest BCUT2D eigenvalue weighted by atomic mass is 14.5. The predicted molar refractivity (Wildman–Crippen MR) is 73.8 cm³/mol. The summed E-state index contributed by atoms with van der Waals surface area (Å²) in [5.41, 5.74) is 5.28. The molecule has 0 aliphatic carbocycles. The van der Waals surface area contributed by atoms with Crippen LogP contribution in [0.1, 0.15) is 53.9 Å². The van der Waals surface area contributed by atoms with Gasteiger partial charge in [0.1, 0.15) is 0 Å². The number of nitrogens with two attached hydrogens (primary N) is 1. The summed E-state index contributed by atoms with van der Waals surface area (Å²) in [7, 11) is 0. The lowest BCUT2D eigenvalue weighted by Crippen LogP contribution is -1.94. The molecule has 0 aromatic carbocycles. The van der Waals surface area contributed by atoms with E-state index in [1.54, 1.807) is 6.20 Å². The fraction of sp³-hybridized carbons (Fsp3) is 0.714. The highest BCUT2D eigenvalue weighted by Gasteiger charge is 1.98. The molecule has 0 aliphatic heterocycles. The Kier molecular flexibility index (Phi) is 25.0. The Bertz CT molecular complexity index is 117. The summed E-state index contributed by atoms with van der Waals surface area (Å²) in [4.78, 5) is 0. The summed E-state index contributed by atoms with van der Waals surface area (Å²) in [5, 5.41) is 0. The highest BCUT2D eigenvalue weighted by molar-refractivity contribution is 4.81. The van der Waals surface area contributed by atoms with Gasteiger partial charge in [0.05, 0.1) is 0 Å². The molecule has 0 aliphatic rings. The second-order valence-electron chi connectivity index (χ2n) is 3.69. The van der Waals surface area contributed by atoms with Crippen LogP contribution in [0.3, 0.4) is 0 Å². The molecule has 0 saturated heterocycles. The molecule has 1 heteroatoms. The van der Waals surface area contributed by atoms with Gasteiger partial charge in [0, 0.05) is 0 Å². The van der Waals surface area contributed by atoms with E-state index in [1.165, 1.54) is 19.3 Å². The molecule has 92 valence electrons. The average molecular weight is 213 g/mol. The van der Waals surface area contributed by atoms with Crippen LogP contribution in [0.2, 0.25) is 0 Å². The molecule has 0 spiro atoms. The lowest BCUT2D eigenvalue weighted by molar-refractivity contribution is 0.501. The Balaban J connectivity index is -0.000000318. The maximum atomic E-state index is 5.28. The van der Waals surface area contributed by atoms with Gasteiger partial charge in [-0.1, -0.05) is 53.5 Å². The summed E-state index contributed by atoms with van der Waals surface area (Å²) in [6, 6.07) is 0. The van der Waals surface area contributed by atoms with Gasteiger partial charge >= 0.3 is 0 Å². The summed E-state index contributed by atoms with van der Waals surface area (Å²) in [5.74, 6) is 1.49. The first-order valence-electron chi connectivity index (χ1n) is 6.05. The van der Waals surface area contributed by atoms with Crippen molar-refractivity contribution in [3.63, 3.8) is 0 Å². The van der Waals surface area contributed by atoms with Crippen molar-refractivity contribution in [1.82, 2.24) is 0 Å². The fourth-order valence-electron chi connectivity index (χ4n) is 1.13. The molecule has 0 saturated carbocycles. The van der Waals surface area contributed by atoms with Crippen LogP contribution in [0, 0.1) is 11.8 Å². The van der Waals surface area contributed by atoms with E-state index in [0.29, 0.717) is 5.92 Å². The fourth-order valence-corrected chi connectivity index (χ4v) is 1.13. The highest BCUT2D eigenvalue weighted by Crippen LogP contribution is 2.12. The van der Waals surface area contributed by atoms with Crippen LogP contribution in [0.25, 0.3) is 0 Å². The van der Waals surface area contributed by atoms with E-state index < -0.39 is 0 Å². The van der Waals surface area contributed by atoms with Crippen molar-refractivity contribution in [1.29, 1.82) is 0 Å². The Hall–Kier alpha value is -0.720. The SMILES string of the molecule is C=C.CC.CC(C)CCCC(C)/C=C/N. The molecule has 15 heavy (non-hydrogen) atoms. The third kappa shape index (κ3) is 24.6. The van der Waals surface area contributed by atoms with Crippen LogP contribution in [0.5, 0.6) is 0 Å². The first kappa shape index (κ1) is 19.8. The standard InChI is InChI=1S/C10H21N.C2H6.C2H4/c1-9(2)5-4-6-10(3)7-8-11;2*1-2/h7-10H,4-6,11H2,1-3H3;1-2H3;1-2H2/b8-7+;;. The van der Waals surface area contributed by atoms with Crippen molar-refractivity contribution in [2.24, 2.45) is 17.6 Å². The van der Waals surface area contributed by atoms with Crippen LogP contribution in [-0.2, 0) is 0 Å². The monoisotopic (exact) mass is 213 g/mol. The lowest BCUT2D eigenvalue weighted by Gasteiger charge is -2.06. The van der Waals surface area contributed by atoms with Crippen molar-refractivity contribution >= 4 is 0 Å². The van der Waals surface area contributed by atoms with Gasteiger partial charge in [-0.05, 0) is 24.5 Å². The maximum Gasteiger partial charge on any atom is -0.0100 e. The third-order valence-electron chi connectivity index (χ3n) is 1.88. The zero-order chi connectivity index (χ0) is 12.7. The topological polar surface area (TPSA) is 26.0 Å². The van der Waals surface area contributed by atoms with E-state index in [2.05, 4.69) is 40.0 Å². The number of rotatable bonds is 5. The third-order valence-corrected chi connectivity index (χ3v) is 1.88. The summed E-state index contributed by atoms with van der Waals surface area (Å²) < 4.78 is 0. The van der Waals surface area contributed by atoms with Crippen molar-refractivity contribution in [2.45, 2.75) is 53.9 Å². The largest absolute Gasteiger partial charge is 0.405 e. The second kappa shape index (κ2) is 18.9. The molecule has 0 heterocycles. The molecule has 1 atom stereocenters. The van der Waals surface area contributed by atoms with E-state index in [0.717, 1.165) is 5.92 Å². The van der Waals surface area contributed by atoms with Crippen molar-refractivity contribution < 1.29 is 0 Å². The van der Waals surface area contributed by atoms with Gasteiger partial charge in [-0.2, -0.15) is 0 Å². The van der Waals surface area contributed by atoms with Crippen molar-refractivity contribution in [3.05, 3.63) is 25.4 Å². The second-order valence-corrected chi connectivity index (χ2v) is 3.69. The summed E-state index contributed by atoms with van der Waals surface area (Å²) >= 11 is 0. The number of hydrogen-bond donors (Lipinski definition) is 1. The lowest BCUT2D eigenvalue weighted by atomic mass is 10.00. The molecule has 0 aromatic heterocycles. The molecule has 0 radical (unpaired) electrons. The minimum atomic E-state index is 0.652. The molecule has 1 unspecified atom stereocenters. The summed E-state index contributed by atoms with van der Waals surface area (Å²) in [6.07, 6.45) is 7.65. The van der Waals surface area contributed by atoms with Crippen molar-refractivity contribution in [3.8, 4) is 0 Å². The van der Waals surface area contributed by atoms with Crippen LogP contribution in [-0.4, -0.2) is 0 Å². The van der Waals surface area contributed by atoms with E-state index >= 15 is 0 Å². The zero-order valence-corrected chi connectivity index (χ0v) is 11.4. The van der Waals surface area contributed by atoms with Gasteiger partial charge in [0.2, 0.25) is 0 Å². The first-order chi connectivity index (χ1) is 7.16. The molecule has 2 N–H and O–H groups in total. The van der Waals surface area contributed by atoms with E-state index in [4.69, 9.17) is 5.73 Å². The molecule has 0 aromatic rings. The molecular formula is C14H31N. The number of hydrogen-bond acceptors (Lipinski definition) is 1. The first-order valence-corrected chi connectivity index (χ1v) is 6.05. The Morgan fingerprint density at radius 3 is 1.87 bits per heavy atom. The van der Waals surface area contributed by atoms with Crippen LogP contribution < -0.4 is 5.73 Å². The quantitative estimate of drug-likeness (QED) is 0.655. The van der Waals surface area contributed by atoms with Crippen molar-refractivity contribution in [2.75, 3.05) is 0 Å². The van der Waals surface area contributed by atoms with Gasteiger partial charge in [0.25, 0.3) is 0 Å². The van der Waals surface area contributed by atoms with Crippen LogP contribution in [0.4, 0.5) is 0 Å². The predicted octanol–water partition coefficient (Wildman–Crippen LogP) is 4.75. The summed E-state index contributed by atoms with van der Waals surface area (Å²) in [6.45, 7) is 16.7. The van der Waals surface area contributed by atoms with Gasteiger partial charge in [-0.3, -0.25) is 0 Å². The van der Waals surface area contributed by atoms with Crippen LogP contribution in [0.15, 0.2) is 25.4 Å². The van der Waals surface area contributed by atoms with E-state index in [9.17, 15) is 0 Å². The van der Waals surface area contributed by atoms with Gasteiger partial charge in [-0.25, -0.2) is 0 Å². The molecule has 0 amide bonds.